The van der Waals surface area contributed by atoms with Crippen molar-refractivity contribution in [2.75, 3.05) is 26.2 Å². The second-order valence-corrected chi connectivity index (χ2v) is 8.21. The molecule has 2 fully saturated rings. The minimum Gasteiger partial charge on any atom is -0.337 e. The average Bonchev–Trinajstić information content (AvgIpc) is 3.35. The third-order valence-electron chi connectivity index (χ3n) is 6.42. The Labute approximate surface area is 175 Å². The standard InChI is InChI=1S/C24H26N4O2/c29-23-21-11-5-4-10-20(21)22(25-28(23)19-8-2-1-3-9-19)24(30)27-16-12-18(13-17-27)26-14-6-7-15-26/h1-5,8-11,18H,6-7,12-17H2. The molecule has 0 spiro atoms. The van der Waals surface area contributed by atoms with Crippen LogP contribution in [-0.4, -0.2) is 57.7 Å². The quantitative estimate of drug-likeness (QED) is 0.676. The van der Waals surface area contributed by atoms with Gasteiger partial charge in [-0.2, -0.15) is 9.78 Å². The second-order valence-electron chi connectivity index (χ2n) is 8.21. The maximum absolute atomic E-state index is 13.5. The monoisotopic (exact) mass is 402 g/mol. The van der Waals surface area contributed by atoms with Gasteiger partial charge in [0, 0.05) is 24.5 Å². The van der Waals surface area contributed by atoms with Crippen LogP contribution in [0.2, 0.25) is 0 Å². The Bertz CT molecular complexity index is 1110. The van der Waals surface area contributed by atoms with Crippen molar-refractivity contribution < 1.29 is 4.79 Å². The zero-order valence-electron chi connectivity index (χ0n) is 17.0. The molecule has 0 bridgehead atoms. The first kappa shape index (κ1) is 19.0. The summed E-state index contributed by atoms with van der Waals surface area (Å²) in [4.78, 5) is 31.0. The molecule has 3 heterocycles. The highest BCUT2D eigenvalue weighted by Crippen LogP contribution is 2.23. The number of piperidine rings is 1. The molecule has 6 nitrogen and oxygen atoms in total. The molecule has 154 valence electrons. The maximum Gasteiger partial charge on any atom is 0.279 e. The van der Waals surface area contributed by atoms with Gasteiger partial charge in [0.25, 0.3) is 11.5 Å². The van der Waals surface area contributed by atoms with Crippen LogP contribution in [0.4, 0.5) is 0 Å². The van der Waals surface area contributed by atoms with E-state index in [1.54, 1.807) is 6.07 Å². The molecule has 2 aliphatic rings. The van der Waals surface area contributed by atoms with Gasteiger partial charge in [0.15, 0.2) is 5.69 Å². The number of likely N-dealkylation sites (tertiary alicyclic amines) is 2. The van der Waals surface area contributed by atoms with Crippen LogP contribution in [-0.2, 0) is 0 Å². The van der Waals surface area contributed by atoms with Crippen LogP contribution >= 0.6 is 0 Å². The lowest BCUT2D eigenvalue weighted by Crippen LogP contribution is -2.46. The lowest BCUT2D eigenvalue weighted by Gasteiger charge is -2.36. The molecule has 0 N–H and O–H groups in total. The summed E-state index contributed by atoms with van der Waals surface area (Å²) in [6, 6.07) is 17.1. The van der Waals surface area contributed by atoms with Crippen LogP contribution in [0, 0.1) is 0 Å². The van der Waals surface area contributed by atoms with Gasteiger partial charge in [-0.3, -0.25) is 9.59 Å². The summed E-state index contributed by atoms with van der Waals surface area (Å²) in [5.74, 6) is -0.0873. The van der Waals surface area contributed by atoms with E-state index in [0.717, 1.165) is 25.9 Å². The van der Waals surface area contributed by atoms with Crippen LogP contribution in [0.1, 0.15) is 36.2 Å². The summed E-state index contributed by atoms with van der Waals surface area (Å²) in [6.07, 6.45) is 4.58. The first-order chi connectivity index (χ1) is 14.7. The van der Waals surface area contributed by atoms with Gasteiger partial charge in [-0.15, -0.1) is 0 Å². The van der Waals surface area contributed by atoms with Crippen LogP contribution in [0.25, 0.3) is 16.5 Å². The Morgan fingerprint density at radius 2 is 1.47 bits per heavy atom. The van der Waals surface area contributed by atoms with E-state index in [1.165, 1.54) is 30.6 Å². The number of amides is 1. The van der Waals surface area contributed by atoms with Crippen molar-refractivity contribution in [3.05, 3.63) is 70.6 Å². The molecule has 2 aliphatic heterocycles. The summed E-state index contributed by atoms with van der Waals surface area (Å²) < 4.78 is 1.35. The summed E-state index contributed by atoms with van der Waals surface area (Å²) in [5, 5.41) is 5.69. The zero-order chi connectivity index (χ0) is 20.5. The van der Waals surface area contributed by atoms with Gasteiger partial charge in [0.2, 0.25) is 0 Å². The van der Waals surface area contributed by atoms with Crippen molar-refractivity contribution >= 4 is 16.7 Å². The molecule has 3 aromatic rings. The third kappa shape index (κ3) is 3.41. The lowest BCUT2D eigenvalue weighted by atomic mass is 10.0. The normalized spacial score (nSPS) is 18.2. The molecular formula is C24H26N4O2. The van der Waals surface area contributed by atoms with E-state index in [0.29, 0.717) is 28.2 Å². The fourth-order valence-electron chi connectivity index (χ4n) is 4.78. The molecule has 0 unspecified atom stereocenters. The minimum atomic E-state index is -0.207. The highest BCUT2D eigenvalue weighted by molar-refractivity contribution is 6.04. The fourth-order valence-corrected chi connectivity index (χ4v) is 4.78. The van der Waals surface area contributed by atoms with Gasteiger partial charge in [-0.05, 0) is 57.0 Å². The van der Waals surface area contributed by atoms with Gasteiger partial charge >= 0.3 is 0 Å². The molecule has 0 aliphatic carbocycles. The zero-order valence-corrected chi connectivity index (χ0v) is 17.0. The molecule has 2 saturated heterocycles. The van der Waals surface area contributed by atoms with Crippen molar-refractivity contribution in [2.24, 2.45) is 0 Å². The molecule has 0 radical (unpaired) electrons. The Morgan fingerprint density at radius 3 is 2.17 bits per heavy atom. The maximum atomic E-state index is 13.5. The Balaban J connectivity index is 1.48. The number of hydrogen-bond donors (Lipinski definition) is 0. The van der Waals surface area contributed by atoms with Gasteiger partial charge < -0.3 is 9.80 Å². The molecule has 30 heavy (non-hydrogen) atoms. The molecule has 1 aromatic heterocycles. The second kappa shape index (κ2) is 8.03. The van der Waals surface area contributed by atoms with Gasteiger partial charge in [-0.25, -0.2) is 0 Å². The van der Waals surface area contributed by atoms with E-state index in [9.17, 15) is 9.59 Å². The largest absolute Gasteiger partial charge is 0.337 e. The number of aromatic nitrogens is 2. The molecule has 0 atom stereocenters. The SMILES string of the molecule is O=C(c1nn(-c2ccccc2)c(=O)c2ccccc12)N1CCC(N2CCCC2)CC1. The Hall–Kier alpha value is -2.99. The number of rotatable bonds is 3. The predicted molar refractivity (Wildman–Crippen MR) is 117 cm³/mol. The summed E-state index contributed by atoms with van der Waals surface area (Å²) in [7, 11) is 0. The number of nitrogens with zero attached hydrogens (tertiary/aromatic N) is 4. The Kier molecular flexibility index (Phi) is 5.09. The minimum absolute atomic E-state index is 0.0873. The lowest BCUT2D eigenvalue weighted by molar-refractivity contribution is 0.0639. The van der Waals surface area contributed by atoms with Crippen molar-refractivity contribution in [3.63, 3.8) is 0 Å². The van der Waals surface area contributed by atoms with Crippen molar-refractivity contribution in [3.8, 4) is 5.69 Å². The number of carbonyl (C=O) groups is 1. The van der Waals surface area contributed by atoms with E-state index < -0.39 is 0 Å². The van der Waals surface area contributed by atoms with Gasteiger partial charge in [0.05, 0.1) is 11.1 Å². The molecule has 6 heteroatoms. The van der Waals surface area contributed by atoms with E-state index in [4.69, 9.17) is 0 Å². The van der Waals surface area contributed by atoms with Crippen LogP contribution < -0.4 is 5.56 Å². The molecule has 5 rings (SSSR count). The first-order valence-corrected chi connectivity index (χ1v) is 10.8. The average molecular weight is 402 g/mol. The van der Waals surface area contributed by atoms with Gasteiger partial charge in [0.1, 0.15) is 0 Å². The van der Waals surface area contributed by atoms with E-state index in [-0.39, 0.29) is 11.5 Å². The number of benzene rings is 2. The summed E-state index contributed by atoms with van der Waals surface area (Å²) >= 11 is 0. The fraction of sp³-hybridized carbons (Fsp3) is 0.375. The highest BCUT2D eigenvalue weighted by atomic mass is 16.2. The number of carbonyl (C=O) groups excluding carboxylic acids is 1. The number of para-hydroxylation sites is 1. The van der Waals surface area contributed by atoms with E-state index >= 15 is 0 Å². The smallest absolute Gasteiger partial charge is 0.279 e. The van der Waals surface area contributed by atoms with Crippen LogP contribution in [0.3, 0.4) is 0 Å². The van der Waals surface area contributed by atoms with Gasteiger partial charge in [-0.1, -0.05) is 36.4 Å². The third-order valence-corrected chi connectivity index (χ3v) is 6.42. The summed E-state index contributed by atoms with van der Waals surface area (Å²) in [5.41, 5.74) is 0.810. The Morgan fingerprint density at radius 1 is 0.833 bits per heavy atom. The predicted octanol–water partition coefficient (Wildman–Crippen LogP) is 3.09. The van der Waals surface area contributed by atoms with Crippen LogP contribution in [0.5, 0.6) is 0 Å². The van der Waals surface area contributed by atoms with Crippen LogP contribution in [0.15, 0.2) is 59.4 Å². The summed E-state index contributed by atoms with van der Waals surface area (Å²) in [6.45, 7) is 3.85. The molecule has 0 saturated carbocycles. The number of fused-ring (bicyclic) bond motifs is 1. The molecular weight excluding hydrogens is 376 g/mol. The van der Waals surface area contributed by atoms with Crippen molar-refractivity contribution in [2.45, 2.75) is 31.7 Å². The van der Waals surface area contributed by atoms with E-state index in [1.807, 2.05) is 53.4 Å². The topological polar surface area (TPSA) is 58.4 Å². The highest BCUT2D eigenvalue weighted by Gasteiger charge is 2.30. The van der Waals surface area contributed by atoms with Crippen molar-refractivity contribution in [1.82, 2.24) is 19.6 Å². The number of hydrogen-bond acceptors (Lipinski definition) is 4. The van der Waals surface area contributed by atoms with E-state index in [2.05, 4.69) is 10.00 Å². The van der Waals surface area contributed by atoms with Crippen molar-refractivity contribution in [1.29, 1.82) is 0 Å². The first-order valence-electron chi connectivity index (χ1n) is 10.8. The molecule has 2 aromatic carbocycles. The molecule has 1 amide bonds.